The van der Waals surface area contributed by atoms with Crippen molar-refractivity contribution in [3.05, 3.63) is 47.5 Å². The number of hydrogen-bond donors (Lipinski definition) is 1. The molecule has 1 atom stereocenters. The van der Waals surface area contributed by atoms with Gasteiger partial charge in [0.2, 0.25) is 0 Å². The molecule has 0 saturated carbocycles. The number of anilines is 2. The largest absolute Gasteiger partial charge is 0.355 e. The molecule has 1 aromatic carbocycles. The van der Waals surface area contributed by atoms with E-state index < -0.39 is 0 Å². The zero-order valence-corrected chi connectivity index (χ0v) is 13.6. The third-order valence-electron chi connectivity index (χ3n) is 4.26. The van der Waals surface area contributed by atoms with E-state index in [2.05, 4.69) is 27.3 Å². The lowest BCUT2D eigenvalue weighted by Crippen LogP contribution is -2.34. The summed E-state index contributed by atoms with van der Waals surface area (Å²) in [4.78, 5) is 14.5. The van der Waals surface area contributed by atoms with Gasteiger partial charge in [0.15, 0.2) is 11.6 Å². The van der Waals surface area contributed by atoms with Gasteiger partial charge in [-0.25, -0.2) is 0 Å². The SMILES string of the molecule is Cc1ccccc1C(=O)Nc1ccc(N2CCCC(C)C2)nn1. The third-order valence-corrected chi connectivity index (χ3v) is 4.26. The third kappa shape index (κ3) is 3.67. The average Bonchev–Trinajstić information content (AvgIpc) is 2.56. The van der Waals surface area contributed by atoms with Gasteiger partial charge in [0.25, 0.3) is 5.91 Å². The van der Waals surface area contributed by atoms with Crippen LogP contribution in [-0.4, -0.2) is 29.2 Å². The van der Waals surface area contributed by atoms with Crippen LogP contribution in [0.25, 0.3) is 0 Å². The van der Waals surface area contributed by atoms with Gasteiger partial charge in [0.1, 0.15) is 0 Å². The van der Waals surface area contributed by atoms with E-state index >= 15 is 0 Å². The molecular formula is C18H22N4O. The number of nitrogens with one attached hydrogen (secondary N) is 1. The normalized spacial score (nSPS) is 17.8. The summed E-state index contributed by atoms with van der Waals surface area (Å²) in [5.41, 5.74) is 1.60. The Morgan fingerprint density at radius 1 is 1.22 bits per heavy atom. The summed E-state index contributed by atoms with van der Waals surface area (Å²) >= 11 is 0. The lowest BCUT2D eigenvalue weighted by atomic mass is 10.0. The molecule has 1 amide bonds. The summed E-state index contributed by atoms with van der Waals surface area (Å²) in [5, 5.41) is 11.2. The second-order valence-electron chi connectivity index (χ2n) is 6.24. The molecule has 0 radical (unpaired) electrons. The highest BCUT2D eigenvalue weighted by Crippen LogP contribution is 2.21. The van der Waals surface area contributed by atoms with Crippen molar-refractivity contribution in [1.29, 1.82) is 0 Å². The number of amides is 1. The molecule has 0 spiro atoms. The number of rotatable bonds is 3. The van der Waals surface area contributed by atoms with Crippen molar-refractivity contribution in [2.24, 2.45) is 5.92 Å². The number of nitrogens with zero attached hydrogens (tertiary/aromatic N) is 3. The monoisotopic (exact) mass is 310 g/mol. The summed E-state index contributed by atoms with van der Waals surface area (Å²) in [6.45, 7) is 6.22. The van der Waals surface area contributed by atoms with Gasteiger partial charge in [0, 0.05) is 18.7 Å². The summed E-state index contributed by atoms with van der Waals surface area (Å²) in [6.07, 6.45) is 2.46. The molecule has 120 valence electrons. The first-order valence-electron chi connectivity index (χ1n) is 8.09. The molecule has 1 saturated heterocycles. The molecule has 1 aliphatic heterocycles. The molecule has 3 rings (SSSR count). The van der Waals surface area contributed by atoms with E-state index in [0.717, 1.165) is 24.5 Å². The van der Waals surface area contributed by atoms with Crippen LogP contribution in [0.1, 0.15) is 35.7 Å². The molecule has 5 nitrogen and oxygen atoms in total. The van der Waals surface area contributed by atoms with Gasteiger partial charge in [-0.3, -0.25) is 4.79 Å². The standard InChI is InChI=1S/C18H22N4O/c1-13-6-5-11-22(12-13)17-10-9-16(20-21-17)19-18(23)15-8-4-3-7-14(15)2/h3-4,7-10,13H,5-6,11-12H2,1-2H3,(H,19,20,23). The number of hydrogen-bond acceptors (Lipinski definition) is 4. The maximum Gasteiger partial charge on any atom is 0.257 e. The zero-order chi connectivity index (χ0) is 16.2. The average molecular weight is 310 g/mol. The first-order valence-corrected chi connectivity index (χ1v) is 8.09. The fraction of sp³-hybridized carbons (Fsp3) is 0.389. The number of benzene rings is 1. The Kier molecular flexibility index (Phi) is 4.55. The van der Waals surface area contributed by atoms with Crippen molar-refractivity contribution in [1.82, 2.24) is 10.2 Å². The van der Waals surface area contributed by atoms with Crippen LogP contribution in [0.15, 0.2) is 36.4 Å². The van der Waals surface area contributed by atoms with Gasteiger partial charge >= 0.3 is 0 Å². The van der Waals surface area contributed by atoms with Crippen LogP contribution in [0.4, 0.5) is 11.6 Å². The van der Waals surface area contributed by atoms with Crippen molar-refractivity contribution >= 4 is 17.5 Å². The predicted octanol–water partition coefficient (Wildman–Crippen LogP) is 3.27. The fourth-order valence-corrected chi connectivity index (χ4v) is 2.97. The van der Waals surface area contributed by atoms with E-state index in [4.69, 9.17) is 0 Å². The predicted molar refractivity (Wildman–Crippen MR) is 91.8 cm³/mol. The minimum atomic E-state index is -0.156. The smallest absolute Gasteiger partial charge is 0.257 e. The summed E-state index contributed by atoms with van der Waals surface area (Å²) in [5.74, 6) is 1.89. The second-order valence-corrected chi connectivity index (χ2v) is 6.24. The van der Waals surface area contributed by atoms with Gasteiger partial charge in [0.05, 0.1) is 0 Å². The van der Waals surface area contributed by atoms with Gasteiger partial charge in [-0.1, -0.05) is 25.1 Å². The van der Waals surface area contributed by atoms with E-state index in [-0.39, 0.29) is 5.91 Å². The van der Waals surface area contributed by atoms with Crippen LogP contribution in [0.3, 0.4) is 0 Å². The van der Waals surface area contributed by atoms with Gasteiger partial charge < -0.3 is 10.2 Å². The Labute approximate surface area is 136 Å². The van der Waals surface area contributed by atoms with Gasteiger partial charge in [-0.05, 0) is 49.4 Å². The van der Waals surface area contributed by atoms with Crippen LogP contribution in [-0.2, 0) is 0 Å². The van der Waals surface area contributed by atoms with E-state index in [9.17, 15) is 4.79 Å². The zero-order valence-electron chi connectivity index (χ0n) is 13.6. The van der Waals surface area contributed by atoms with Crippen molar-refractivity contribution < 1.29 is 4.79 Å². The van der Waals surface area contributed by atoms with Crippen molar-refractivity contribution in [2.45, 2.75) is 26.7 Å². The molecule has 0 bridgehead atoms. The van der Waals surface area contributed by atoms with Crippen LogP contribution >= 0.6 is 0 Å². The van der Waals surface area contributed by atoms with Crippen molar-refractivity contribution in [3.8, 4) is 0 Å². The summed E-state index contributed by atoms with van der Waals surface area (Å²) in [6, 6.07) is 11.2. The van der Waals surface area contributed by atoms with E-state index in [1.165, 1.54) is 12.8 Å². The van der Waals surface area contributed by atoms with Crippen molar-refractivity contribution in [2.75, 3.05) is 23.3 Å². The molecule has 5 heteroatoms. The number of carbonyl (C=O) groups is 1. The Hall–Kier alpha value is -2.43. The second kappa shape index (κ2) is 6.77. The van der Waals surface area contributed by atoms with E-state index in [0.29, 0.717) is 17.3 Å². The molecule has 1 aliphatic rings. The number of aryl methyl sites for hydroxylation is 1. The van der Waals surface area contributed by atoms with Gasteiger partial charge in [-0.2, -0.15) is 0 Å². The van der Waals surface area contributed by atoms with Crippen LogP contribution in [0.5, 0.6) is 0 Å². The summed E-state index contributed by atoms with van der Waals surface area (Å²) in [7, 11) is 0. The summed E-state index contributed by atoms with van der Waals surface area (Å²) < 4.78 is 0. The number of piperidine rings is 1. The molecule has 1 N–H and O–H groups in total. The molecule has 2 aromatic rings. The molecular weight excluding hydrogens is 288 g/mol. The first kappa shape index (κ1) is 15.5. The Morgan fingerprint density at radius 2 is 2.04 bits per heavy atom. The highest BCUT2D eigenvalue weighted by molar-refractivity contribution is 6.04. The molecule has 1 aromatic heterocycles. The topological polar surface area (TPSA) is 58.1 Å². The number of carbonyl (C=O) groups excluding carboxylic acids is 1. The fourth-order valence-electron chi connectivity index (χ4n) is 2.97. The van der Waals surface area contributed by atoms with Crippen molar-refractivity contribution in [3.63, 3.8) is 0 Å². The highest BCUT2D eigenvalue weighted by Gasteiger charge is 2.18. The molecule has 0 aliphatic carbocycles. The lowest BCUT2D eigenvalue weighted by molar-refractivity contribution is 0.102. The molecule has 23 heavy (non-hydrogen) atoms. The van der Waals surface area contributed by atoms with Gasteiger partial charge in [-0.15, -0.1) is 10.2 Å². The number of aromatic nitrogens is 2. The Bertz CT molecular complexity index is 684. The van der Waals surface area contributed by atoms with E-state index in [1.807, 2.05) is 43.3 Å². The maximum atomic E-state index is 12.3. The van der Waals surface area contributed by atoms with E-state index in [1.54, 1.807) is 0 Å². The molecule has 1 unspecified atom stereocenters. The Morgan fingerprint density at radius 3 is 2.74 bits per heavy atom. The minimum Gasteiger partial charge on any atom is -0.355 e. The quantitative estimate of drug-likeness (QED) is 0.945. The van der Waals surface area contributed by atoms with Crippen LogP contribution < -0.4 is 10.2 Å². The molecule has 1 fully saturated rings. The highest BCUT2D eigenvalue weighted by atomic mass is 16.1. The minimum absolute atomic E-state index is 0.156. The lowest BCUT2D eigenvalue weighted by Gasteiger charge is -2.31. The first-order chi connectivity index (χ1) is 11.1. The van der Waals surface area contributed by atoms with Crippen LogP contribution in [0, 0.1) is 12.8 Å². The maximum absolute atomic E-state index is 12.3. The van der Waals surface area contributed by atoms with Crippen LogP contribution in [0.2, 0.25) is 0 Å². The molecule has 2 heterocycles. The Balaban J connectivity index is 1.68.